The molecule has 1 heterocycles. The van der Waals surface area contributed by atoms with Gasteiger partial charge in [0, 0.05) is 24.2 Å². The number of amides is 1. The first-order chi connectivity index (χ1) is 6.15. The summed E-state index contributed by atoms with van der Waals surface area (Å²) in [7, 11) is 0. The van der Waals surface area contributed by atoms with Gasteiger partial charge in [-0.15, -0.1) is 0 Å². The average molecular weight is 181 g/mol. The zero-order valence-corrected chi connectivity index (χ0v) is 8.27. The Morgan fingerprint density at radius 3 is 2.69 bits per heavy atom. The fourth-order valence-electron chi connectivity index (χ4n) is 1.15. The molecule has 0 aliphatic heterocycles. The summed E-state index contributed by atoms with van der Waals surface area (Å²) in [5.74, 6) is 0.0694. The second-order valence-electron chi connectivity index (χ2n) is 3.04. The number of nitrogens with zero attached hydrogens (tertiary/aromatic N) is 1. The number of carbonyl (C=O) groups is 1. The maximum absolute atomic E-state index is 11.0. The average Bonchev–Trinajstić information content (AvgIpc) is 2.43. The zero-order chi connectivity index (χ0) is 9.84. The lowest BCUT2D eigenvalue weighted by Gasteiger charge is -2.02. The molecule has 0 fully saturated rings. The molecule has 1 aromatic rings. The van der Waals surface area contributed by atoms with Crippen LogP contribution in [0.4, 0.5) is 0 Å². The van der Waals surface area contributed by atoms with Crippen molar-refractivity contribution in [2.45, 2.75) is 33.7 Å². The minimum absolute atomic E-state index is 0.0694. The summed E-state index contributed by atoms with van der Waals surface area (Å²) in [6, 6.07) is 0. The van der Waals surface area contributed by atoms with E-state index in [1.165, 1.54) is 0 Å². The number of nitrogens with one attached hydrogen (secondary N) is 2. The highest BCUT2D eigenvalue weighted by Crippen LogP contribution is 2.08. The number of hydrogen-bond donors (Lipinski definition) is 2. The molecule has 0 radical (unpaired) electrons. The smallest absolute Gasteiger partial charge is 0.219 e. The maximum Gasteiger partial charge on any atom is 0.219 e. The van der Waals surface area contributed by atoms with Gasteiger partial charge in [-0.2, -0.15) is 5.10 Å². The van der Waals surface area contributed by atoms with Crippen LogP contribution in [-0.4, -0.2) is 16.1 Å². The van der Waals surface area contributed by atoms with Crippen molar-refractivity contribution in [3.63, 3.8) is 0 Å². The van der Waals surface area contributed by atoms with Crippen molar-refractivity contribution < 1.29 is 4.79 Å². The van der Waals surface area contributed by atoms with Crippen molar-refractivity contribution in [3.8, 4) is 0 Å². The molecular weight excluding hydrogens is 166 g/mol. The largest absolute Gasteiger partial charge is 0.352 e. The molecule has 2 N–H and O–H groups in total. The van der Waals surface area contributed by atoms with E-state index < -0.39 is 0 Å². The van der Waals surface area contributed by atoms with Crippen LogP contribution >= 0.6 is 0 Å². The Kier molecular flexibility index (Phi) is 3.06. The van der Waals surface area contributed by atoms with Gasteiger partial charge < -0.3 is 5.32 Å². The molecule has 0 saturated heterocycles. The van der Waals surface area contributed by atoms with Gasteiger partial charge in [0.1, 0.15) is 0 Å². The van der Waals surface area contributed by atoms with E-state index in [2.05, 4.69) is 15.5 Å². The summed E-state index contributed by atoms with van der Waals surface area (Å²) in [6.07, 6.45) is 0.524. The highest BCUT2D eigenvalue weighted by Gasteiger charge is 2.06. The van der Waals surface area contributed by atoms with Crippen molar-refractivity contribution >= 4 is 5.91 Å². The van der Waals surface area contributed by atoms with Crippen LogP contribution in [0.3, 0.4) is 0 Å². The monoisotopic (exact) mass is 181 g/mol. The molecule has 72 valence electrons. The zero-order valence-electron chi connectivity index (χ0n) is 8.27. The summed E-state index contributed by atoms with van der Waals surface area (Å²) >= 11 is 0. The third kappa shape index (κ3) is 2.31. The van der Waals surface area contributed by atoms with Gasteiger partial charge in [0.2, 0.25) is 5.91 Å². The molecule has 0 saturated carbocycles. The number of aromatic amines is 1. The quantitative estimate of drug-likeness (QED) is 0.732. The highest BCUT2D eigenvalue weighted by molar-refractivity contribution is 5.75. The van der Waals surface area contributed by atoms with E-state index in [1.54, 1.807) is 0 Å². The molecule has 4 nitrogen and oxygen atoms in total. The highest BCUT2D eigenvalue weighted by atomic mass is 16.1. The molecule has 1 aromatic heterocycles. The van der Waals surface area contributed by atoms with Crippen LogP contribution in [0.1, 0.15) is 30.3 Å². The van der Waals surface area contributed by atoms with Gasteiger partial charge in [-0.05, 0) is 13.8 Å². The molecule has 13 heavy (non-hydrogen) atoms. The number of H-pyrrole nitrogens is 1. The van der Waals surface area contributed by atoms with Crippen LogP contribution in [-0.2, 0) is 11.3 Å². The summed E-state index contributed by atoms with van der Waals surface area (Å²) < 4.78 is 0. The Morgan fingerprint density at radius 1 is 1.54 bits per heavy atom. The minimum Gasteiger partial charge on any atom is -0.352 e. The first kappa shape index (κ1) is 9.77. The fourth-order valence-corrected chi connectivity index (χ4v) is 1.15. The summed E-state index contributed by atoms with van der Waals surface area (Å²) in [5, 5.41) is 9.74. The predicted octanol–water partition coefficient (Wildman–Crippen LogP) is 1.05. The topological polar surface area (TPSA) is 57.8 Å². The van der Waals surface area contributed by atoms with Crippen LogP contribution in [0.5, 0.6) is 0 Å². The normalized spacial score (nSPS) is 10.1. The van der Waals surface area contributed by atoms with Gasteiger partial charge in [0.25, 0.3) is 0 Å². The number of aromatic nitrogens is 2. The third-order valence-corrected chi connectivity index (χ3v) is 2.06. The summed E-state index contributed by atoms with van der Waals surface area (Å²) in [4.78, 5) is 11.0. The van der Waals surface area contributed by atoms with Crippen molar-refractivity contribution in [2.24, 2.45) is 0 Å². The predicted molar refractivity (Wildman–Crippen MR) is 50.2 cm³/mol. The summed E-state index contributed by atoms with van der Waals surface area (Å²) in [5.41, 5.74) is 3.06. The van der Waals surface area contributed by atoms with E-state index in [9.17, 15) is 4.79 Å². The van der Waals surface area contributed by atoms with Crippen molar-refractivity contribution in [3.05, 3.63) is 17.0 Å². The van der Waals surface area contributed by atoms with Gasteiger partial charge in [-0.3, -0.25) is 9.89 Å². The molecule has 0 aromatic carbocycles. The Hall–Kier alpha value is -1.32. The van der Waals surface area contributed by atoms with Crippen LogP contribution in [0.2, 0.25) is 0 Å². The first-order valence-corrected chi connectivity index (χ1v) is 4.42. The van der Waals surface area contributed by atoms with E-state index in [0.717, 1.165) is 17.0 Å². The molecule has 0 unspecified atom stereocenters. The lowest BCUT2D eigenvalue weighted by Crippen LogP contribution is -2.21. The van der Waals surface area contributed by atoms with Crippen LogP contribution in [0.15, 0.2) is 0 Å². The molecule has 0 spiro atoms. The van der Waals surface area contributed by atoms with Crippen LogP contribution in [0.25, 0.3) is 0 Å². The lowest BCUT2D eigenvalue weighted by molar-refractivity contribution is -0.120. The Morgan fingerprint density at radius 2 is 2.23 bits per heavy atom. The van der Waals surface area contributed by atoms with Crippen LogP contribution < -0.4 is 5.32 Å². The van der Waals surface area contributed by atoms with Gasteiger partial charge in [-0.1, -0.05) is 6.92 Å². The second kappa shape index (κ2) is 4.07. The number of hydrogen-bond acceptors (Lipinski definition) is 2. The number of aryl methyl sites for hydroxylation is 2. The standard InChI is InChI=1S/C9H15N3O/c1-4-9(13)10-5-8-6(2)11-12-7(8)3/h4-5H2,1-3H3,(H,10,13)(H,11,12). The first-order valence-electron chi connectivity index (χ1n) is 4.42. The number of carbonyl (C=O) groups excluding carboxylic acids is 1. The van der Waals surface area contributed by atoms with Gasteiger partial charge in [0.05, 0.1) is 5.69 Å². The molecule has 4 heteroatoms. The van der Waals surface area contributed by atoms with E-state index in [0.29, 0.717) is 13.0 Å². The molecular formula is C9H15N3O. The Labute approximate surface area is 77.7 Å². The van der Waals surface area contributed by atoms with E-state index in [-0.39, 0.29) is 5.91 Å². The Bertz CT molecular complexity index is 284. The maximum atomic E-state index is 11.0. The third-order valence-electron chi connectivity index (χ3n) is 2.06. The van der Waals surface area contributed by atoms with Crippen molar-refractivity contribution in [1.82, 2.24) is 15.5 Å². The van der Waals surface area contributed by atoms with E-state index in [4.69, 9.17) is 0 Å². The second-order valence-corrected chi connectivity index (χ2v) is 3.04. The summed E-state index contributed by atoms with van der Waals surface area (Å²) in [6.45, 7) is 6.29. The molecule has 1 rings (SSSR count). The van der Waals surface area contributed by atoms with Crippen LogP contribution in [0, 0.1) is 13.8 Å². The van der Waals surface area contributed by atoms with E-state index >= 15 is 0 Å². The minimum atomic E-state index is 0.0694. The molecule has 0 aliphatic rings. The van der Waals surface area contributed by atoms with Gasteiger partial charge in [0.15, 0.2) is 0 Å². The van der Waals surface area contributed by atoms with Crippen molar-refractivity contribution in [2.75, 3.05) is 0 Å². The SMILES string of the molecule is CCC(=O)NCc1c(C)n[nH]c1C. The molecule has 0 aliphatic carbocycles. The van der Waals surface area contributed by atoms with Crippen molar-refractivity contribution in [1.29, 1.82) is 0 Å². The van der Waals surface area contributed by atoms with E-state index in [1.807, 2.05) is 20.8 Å². The molecule has 1 amide bonds. The lowest BCUT2D eigenvalue weighted by atomic mass is 10.2. The molecule has 0 atom stereocenters. The number of rotatable bonds is 3. The molecule has 0 bridgehead atoms. The Balaban J connectivity index is 2.58. The fraction of sp³-hybridized carbons (Fsp3) is 0.556. The van der Waals surface area contributed by atoms with Gasteiger partial charge in [-0.25, -0.2) is 0 Å². The van der Waals surface area contributed by atoms with Gasteiger partial charge >= 0.3 is 0 Å².